The molecule has 0 atom stereocenters. The molecule has 0 spiro atoms. The second-order valence-electron chi connectivity index (χ2n) is 6.13. The second-order valence-corrected chi connectivity index (χ2v) is 6.13. The summed E-state index contributed by atoms with van der Waals surface area (Å²) < 4.78 is 5.47. The number of fused-ring (bicyclic) bond motifs is 1. The Kier molecular flexibility index (Phi) is 4.16. The Labute approximate surface area is 131 Å². The molecule has 0 aromatic heterocycles. The van der Waals surface area contributed by atoms with E-state index in [1.54, 1.807) is 0 Å². The van der Waals surface area contributed by atoms with Crippen LogP contribution in [-0.4, -0.2) is 37.6 Å². The number of ether oxygens (including phenoxy) is 1. The number of esters is 1. The molecule has 1 saturated heterocycles. The largest absolute Gasteiger partial charge is 0.465 e. The van der Waals surface area contributed by atoms with Gasteiger partial charge in [-0.3, -0.25) is 4.79 Å². The quantitative estimate of drug-likeness (QED) is 0.814. The van der Waals surface area contributed by atoms with Gasteiger partial charge in [-0.1, -0.05) is 42.5 Å². The van der Waals surface area contributed by atoms with E-state index < -0.39 is 5.41 Å². The molecule has 0 unspecified atom stereocenters. The highest BCUT2D eigenvalue weighted by molar-refractivity contribution is 5.94. The summed E-state index contributed by atoms with van der Waals surface area (Å²) in [6, 6.07) is 14.6. The topological polar surface area (TPSA) is 29.5 Å². The van der Waals surface area contributed by atoms with Crippen LogP contribution in [0.1, 0.15) is 25.3 Å². The van der Waals surface area contributed by atoms with Gasteiger partial charge in [0.15, 0.2) is 0 Å². The van der Waals surface area contributed by atoms with Gasteiger partial charge < -0.3 is 9.64 Å². The fourth-order valence-corrected chi connectivity index (χ4v) is 3.50. The predicted molar refractivity (Wildman–Crippen MR) is 89.0 cm³/mol. The van der Waals surface area contributed by atoms with Crippen LogP contribution in [0.15, 0.2) is 42.5 Å². The summed E-state index contributed by atoms with van der Waals surface area (Å²) in [4.78, 5) is 15.1. The molecule has 1 heterocycles. The zero-order valence-corrected chi connectivity index (χ0v) is 13.3. The first-order valence-electron chi connectivity index (χ1n) is 8.01. The van der Waals surface area contributed by atoms with Crippen LogP contribution in [0, 0.1) is 0 Å². The minimum atomic E-state index is -0.511. The lowest BCUT2D eigenvalue weighted by Gasteiger charge is -2.39. The Hall–Kier alpha value is -1.87. The maximum Gasteiger partial charge on any atom is 0.316 e. The molecule has 3 heteroatoms. The van der Waals surface area contributed by atoms with Gasteiger partial charge >= 0.3 is 5.97 Å². The van der Waals surface area contributed by atoms with Crippen molar-refractivity contribution >= 4 is 16.7 Å². The Morgan fingerprint density at radius 1 is 1.14 bits per heavy atom. The monoisotopic (exact) mass is 297 g/mol. The Morgan fingerprint density at radius 3 is 2.55 bits per heavy atom. The Morgan fingerprint density at radius 2 is 1.82 bits per heavy atom. The van der Waals surface area contributed by atoms with Gasteiger partial charge in [0, 0.05) is 0 Å². The minimum Gasteiger partial charge on any atom is -0.465 e. The molecule has 2 aromatic rings. The third-order valence-electron chi connectivity index (χ3n) is 4.81. The van der Waals surface area contributed by atoms with Crippen molar-refractivity contribution in [3.05, 3.63) is 48.0 Å². The Bertz CT molecular complexity index is 667. The molecule has 0 N–H and O–H groups in total. The smallest absolute Gasteiger partial charge is 0.316 e. The van der Waals surface area contributed by atoms with Gasteiger partial charge in [-0.2, -0.15) is 0 Å². The molecule has 116 valence electrons. The standard InChI is InChI=1S/C19H23NO2/c1-3-22-18(21)19(11-13-20(2)14-12-19)17-10-6-8-15-7-4-5-9-16(15)17/h4-10H,3,11-14H2,1-2H3. The van der Waals surface area contributed by atoms with Crippen LogP contribution in [0.4, 0.5) is 0 Å². The fraction of sp³-hybridized carbons (Fsp3) is 0.421. The van der Waals surface area contributed by atoms with Gasteiger partial charge in [0.1, 0.15) is 0 Å². The van der Waals surface area contributed by atoms with Gasteiger partial charge in [0.05, 0.1) is 12.0 Å². The van der Waals surface area contributed by atoms with Gasteiger partial charge in [-0.05, 0) is 56.2 Å². The zero-order chi connectivity index (χ0) is 15.6. The molecular weight excluding hydrogens is 274 g/mol. The molecule has 0 aliphatic carbocycles. The number of likely N-dealkylation sites (tertiary alicyclic amines) is 1. The fourth-order valence-electron chi connectivity index (χ4n) is 3.50. The highest BCUT2D eigenvalue weighted by atomic mass is 16.5. The van der Waals surface area contributed by atoms with Crippen LogP contribution in [0.25, 0.3) is 10.8 Å². The van der Waals surface area contributed by atoms with E-state index in [2.05, 4.69) is 42.3 Å². The lowest BCUT2D eigenvalue weighted by Crippen LogP contribution is -2.47. The van der Waals surface area contributed by atoms with Crippen LogP contribution in [0.3, 0.4) is 0 Å². The van der Waals surface area contributed by atoms with Crippen molar-refractivity contribution in [3.8, 4) is 0 Å². The average Bonchev–Trinajstić information content (AvgIpc) is 2.55. The molecule has 0 radical (unpaired) electrons. The van der Waals surface area contributed by atoms with Crippen molar-refractivity contribution in [2.45, 2.75) is 25.2 Å². The third kappa shape index (κ3) is 2.50. The van der Waals surface area contributed by atoms with Crippen molar-refractivity contribution in [1.29, 1.82) is 0 Å². The first-order chi connectivity index (χ1) is 10.7. The van der Waals surface area contributed by atoms with Crippen molar-refractivity contribution in [1.82, 2.24) is 4.90 Å². The second kappa shape index (κ2) is 6.09. The summed E-state index contributed by atoms with van der Waals surface area (Å²) in [6.07, 6.45) is 1.63. The highest BCUT2D eigenvalue weighted by Gasteiger charge is 2.44. The summed E-state index contributed by atoms with van der Waals surface area (Å²) in [5, 5.41) is 2.35. The van der Waals surface area contributed by atoms with Gasteiger partial charge in [-0.25, -0.2) is 0 Å². The van der Waals surface area contributed by atoms with Crippen molar-refractivity contribution in [2.24, 2.45) is 0 Å². The molecule has 0 saturated carbocycles. The van der Waals surface area contributed by atoms with Crippen LogP contribution in [0.2, 0.25) is 0 Å². The lowest BCUT2D eigenvalue weighted by molar-refractivity contribution is -0.152. The van der Waals surface area contributed by atoms with E-state index in [0.29, 0.717) is 6.61 Å². The van der Waals surface area contributed by atoms with Gasteiger partial charge in [0.25, 0.3) is 0 Å². The average molecular weight is 297 g/mol. The molecule has 2 aromatic carbocycles. The van der Waals surface area contributed by atoms with Gasteiger partial charge in [0.2, 0.25) is 0 Å². The summed E-state index contributed by atoms with van der Waals surface area (Å²) >= 11 is 0. The van der Waals surface area contributed by atoms with Gasteiger partial charge in [-0.15, -0.1) is 0 Å². The summed E-state index contributed by atoms with van der Waals surface area (Å²) in [5.74, 6) is -0.0700. The van der Waals surface area contributed by atoms with E-state index in [1.165, 1.54) is 10.8 Å². The molecule has 1 aliphatic heterocycles. The van der Waals surface area contributed by atoms with Crippen LogP contribution >= 0.6 is 0 Å². The van der Waals surface area contributed by atoms with Crippen molar-refractivity contribution < 1.29 is 9.53 Å². The van der Waals surface area contributed by atoms with E-state index in [9.17, 15) is 4.79 Å². The number of carbonyl (C=O) groups is 1. The number of benzene rings is 2. The maximum absolute atomic E-state index is 12.8. The lowest BCUT2D eigenvalue weighted by atomic mass is 9.71. The number of hydrogen-bond donors (Lipinski definition) is 0. The molecule has 3 rings (SSSR count). The van der Waals surface area contributed by atoms with E-state index in [4.69, 9.17) is 4.74 Å². The molecule has 1 aliphatic rings. The van der Waals surface area contributed by atoms with Crippen molar-refractivity contribution in [2.75, 3.05) is 26.7 Å². The van der Waals surface area contributed by atoms with E-state index >= 15 is 0 Å². The van der Waals surface area contributed by atoms with E-state index in [0.717, 1.165) is 31.5 Å². The third-order valence-corrected chi connectivity index (χ3v) is 4.81. The molecule has 3 nitrogen and oxygen atoms in total. The highest BCUT2D eigenvalue weighted by Crippen LogP contribution is 2.40. The first kappa shape index (κ1) is 15.0. The molecule has 1 fully saturated rings. The van der Waals surface area contributed by atoms with Crippen LogP contribution in [-0.2, 0) is 14.9 Å². The number of hydrogen-bond acceptors (Lipinski definition) is 3. The summed E-state index contributed by atoms with van der Waals surface area (Å²) in [7, 11) is 2.11. The maximum atomic E-state index is 12.8. The van der Waals surface area contributed by atoms with Crippen LogP contribution < -0.4 is 0 Å². The number of nitrogens with zero attached hydrogens (tertiary/aromatic N) is 1. The molecule has 0 bridgehead atoms. The Balaban J connectivity index is 2.14. The van der Waals surface area contributed by atoms with Crippen molar-refractivity contribution in [3.63, 3.8) is 0 Å². The summed E-state index contributed by atoms with van der Waals surface area (Å²) in [6.45, 7) is 4.15. The number of rotatable bonds is 3. The number of piperidine rings is 1. The zero-order valence-electron chi connectivity index (χ0n) is 13.3. The molecule has 0 amide bonds. The number of carbonyl (C=O) groups excluding carboxylic acids is 1. The summed E-state index contributed by atoms with van der Waals surface area (Å²) in [5.41, 5.74) is 0.612. The van der Waals surface area contributed by atoms with E-state index in [-0.39, 0.29) is 5.97 Å². The molecular formula is C19H23NO2. The predicted octanol–water partition coefficient (Wildman–Crippen LogP) is 3.37. The SMILES string of the molecule is CCOC(=O)C1(c2cccc3ccccc23)CCN(C)CC1. The van der Waals surface area contributed by atoms with Crippen LogP contribution in [0.5, 0.6) is 0 Å². The minimum absolute atomic E-state index is 0.0700. The first-order valence-corrected chi connectivity index (χ1v) is 8.01. The molecule has 22 heavy (non-hydrogen) atoms. The normalized spacial score (nSPS) is 18.3. The van der Waals surface area contributed by atoms with E-state index in [1.807, 2.05) is 19.1 Å².